The van der Waals surface area contributed by atoms with Crippen molar-refractivity contribution >= 4 is 34.5 Å². The summed E-state index contributed by atoms with van der Waals surface area (Å²) in [6.45, 7) is 3.85. The van der Waals surface area contributed by atoms with Gasteiger partial charge < -0.3 is 13.9 Å². The molecule has 4 rings (SSSR count). The third kappa shape index (κ3) is 6.25. The Kier molecular flexibility index (Phi) is 7.95. The molecule has 12 nitrogen and oxygen atoms in total. The van der Waals surface area contributed by atoms with Crippen LogP contribution in [0.25, 0.3) is 11.0 Å². The topological polar surface area (TPSA) is 159 Å². The van der Waals surface area contributed by atoms with Crippen LogP contribution in [0.2, 0.25) is 0 Å². The van der Waals surface area contributed by atoms with Crippen molar-refractivity contribution in [3.63, 3.8) is 0 Å². The minimum absolute atomic E-state index is 0.0352. The van der Waals surface area contributed by atoms with E-state index in [1.54, 1.807) is 30.3 Å². The predicted octanol–water partition coefficient (Wildman–Crippen LogP) is 5.33. The second-order valence-electron chi connectivity index (χ2n) is 8.21. The SMILES string of the molecule is C=CCc1cc(/C=N/NC(=O)c2cc3cc([N+](=O)[O-])ccc3o2)cc(OC)c1OCc1cccc([N+](=O)[O-])c1. The van der Waals surface area contributed by atoms with E-state index in [0.29, 0.717) is 40.0 Å². The second kappa shape index (κ2) is 11.7. The molecule has 4 aromatic rings. The maximum absolute atomic E-state index is 12.5. The lowest BCUT2D eigenvalue weighted by molar-refractivity contribution is -0.385. The van der Waals surface area contributed by atoms with Crippen LogP contribution in [0.5, 0.6) is 11.5 Å². The molecule has 0 bridgehead atoms. The summed E-state index contributed by atoms with van der Waals surface area (Å²) in [5.74, 6) is 0.144. The molecule has 3 aromatic carbocycles. The molecule has 198 valence electrons. The number of nitrogens with one attached hydrogen (secondary N) is 1. The molecule has 0 saturated carbocycles. The highest BCUT2D eigenvalue weighted by atomic mass is 16.6. The molecule has 0 aliphatic rings. The van der Waals surface area contributed by atoms with E-state index in [-0.39, 0.29) is 23.7 Å². The zero-order valence-corrected chi connectivity index (χ0v) is 20.7. The molecule has 0 spiro atoms. The first-order valence-corrected chi connectivity index (χ1v) is 11.5. The van der Waals surface area contributed by atoms with Crippen molar-refractivity contribution in [1.29, 1.82) is 0 Å². The molecular formula is C27H22N4O8. The first kappa shape index (κ1) is 26.5. The maximum Gasteiger partial charge on any atom is 0.307 e. The van der Waals surface area contributed by atoms with Crippen molar-refractivity contribution < 1.29 is 28.5 Å². The molecule has 0 aliphatic carbocycles. The minimum Gasteiger partial charge on any atom is -0.493 e. The Hall–Kier alpha value is -5.52. The van der Waals surface area contributed by atoms with Gasteiger partial charge in [-0.1, -0.05) is 18.2 Å². The van der Waals surface area contributed by atoms with E-state index in [1.165, 1.54) is 49.7 Å². The fourth-order valence-corrected chi connectivity index (χ4v) is 3.77. The van der Waals surface area contributed by atoms with Gasteiger partial charge >= 0.3 is 5.91 Å². The Bertz CT molecular complexity index is 1610. The third-order valence-corrected chi connectivity index (χ3v) is 5.56. The number of non-ortho nitro benzene ring substituents is 2. The van der Waals surface area contributed by atoms with E-state index in [2.05, 4.69) is 17.1 Å². The number of carbonyl (C=O) groups is 1. The predicted molar refractivity (Wildman–Crippen MR) is 142 cm³/mol. The zero-order valence-electron chi connectivity index (χ0n) is 20.7. The number of amides is 1. The summed E-state index contributed by atoms with van der Waals surface area (Å²) >= 11 is 0. The fraction of sp³-hybridized carbons (Fsp3) is 0.111. The number of hydrazone groups is 1. The van der Waals surface area contributed by atoms with Gasteiger partial charge in [-0.2, -0.15) is 5.10 Å². The third-order valence-electron chi connectivity index (χ3n) is 5.56. The molecule has 1 aromatic heterocycles. The quantitative estimate of drug-likeness (QED) is 0.118. The van der Waals surface area contributed by atoms with Crippen LogP contribution in [0.1, 0.15) is 27.2 Å². The maximum atomic E-state index is 12.5. The molecule has 0 aliphatic heterocycles. The second-order valence-corrected chi connectivity index (χ2v) is 8.21. The van der Waals surface area contributed by atoms with Crippen LogP contribution < -0.4 is 14.9 Å². The Morgan fingerprint density at radius 3 is 2.56 bits per heavy atom. The minimum atomic E-state index is -0.639. The molecule has 0 unspecified atom stereocenters. The number of nitro groups is 2. The number of methoxy groups -OCH3 is 1. The van der Waals surface area contributed by atoms with E-state index in [1.807, 2.05) is 0 Å². The molecule has 39 heavy (non-hydrogen) atoms. The summed E-state index contributed by atoms with van der Waals surface area (Å²) in [7, 11) is 1.47. The van der Waals surface area contributed by atoms with Crippen molar-refractivity contribution in [3.8, 4) is 11.5 Å². The van der Waals surface area contributed by atoms with Crippen molar-refractivity contribution in [2.75, 3.05) is 7.11 Å². The van der Waals surface area contributed by atoms with Gasteiger partial charge in [-0.05, 0) is 41.8 Å². The number of rotatable bonds is 11. The van der Waals surface area contributed by atoms with E-state index in [0.717, 1.165) is 5.56 Å². The van der Waals surface area contributed by atoms with Crippen molar-refractivity contribution in [1.82, 2.24) is 5.43 Å². The molecule has 1 heterocycles. The number of fused-ring (bicyclic) bond motifs is 1. The van der Waals surface area contributed by atoms with Crippen LogP contribution in [-0.4, -0.2) is 29.1 Å². The number of nitrogens with zero attached hydrogens (tertiary/aromatic N) is 3. The van der Waals surface area contributed by atoms with Crippen LogP contribution >= 0.6 is 0 Å². The van der Waals surface area contributed by atoms with Crippen molar-refractivity contribution in [2.24, 2.45) is 5.10 Å². The van der Waals surface area contributed by atoms with Gasteiger partial charge in [0.05, 0.1) is 23.2 Å². The van der Waals surface area contributed by atoms with Gasteiger partial charge in [0.2, 0.25) is 0 Å². The largest absolute Gasteiger partial charge is 0.493 e. The summed E-state index contributed by atoms with van der Waals surface area (Å²) in [6, 6.07) is 15.0. The van der Waals surface area contributed by atoms with Gasteiger partial charge in [0.15, 0.2) is 17.3 Å². The lowest BCUT2D eigenvalue weighted by atomic mass is 10.1. The number of carbonyl (C=O) groups excluding carboxylic acids is 1. The van der Waals surface area contributed by atoms with E-state index in [9.17, 15) is 25.0 Å². The molecule has 0 fully saturated rings. The Morgan fingerprint density at radius 1 is 1.08 bits per heavy atom. The highest BCUT2D eigenvalue weighted by molar-refractivity contribution is 5.97. The van der Waals surface area contributed by atoms with Crippen LogP contribution in [0, 0.1) is 20.2 Å². The summed E-state index contributed by atoms with van der Waals surface area (Å²) in [5, 5.41) is 26.4. The molecule has 0 saturated heterocycles. The van der Waals surface area contributed by atoms with Gasteiger partial charge in [-0.25, -0.2) is 5.43 Å². The summed E-state index contributed by atoms with van der Waals surface area (Å²) in [4.78, 5) is 33.5. The standard InChI is InChI=1S/C27H22N4O8/c1-3-5-19-10-18(12-24(37-2)26(19)38-16-17-6-4-7-21(11-17)30(33)34)15-28-29-27(32)25-14-20-13-22(31(35)36)8-9-23(20)39-25/h3-4,6-15H,1,5,16H2,2H3,(H,29,32)/b28-15+. The van der Waals surface area contributed by atoms with Gasteiger partial charge in [-0.15, -0.1) is 6.58 Å². The molecule has 1 amide bonds. The molecule has 1 N–H and O–H groups in total. The number of furan rings is 1. The van der Waals surface area contributed by atoms with Gasteiger partial charge in [0, 0.05) is 35.2 Å². The van der Waals surface area contributed by atoms with Crippen molar-refractivity contribution in [2.45, 2.75) is 13.0 Å². The monoisotopic (exact) mass is 530 g/mol. The number of allylic oxidation sites excluding steroid dienone is 1. The van der Waals surface area contributed by atoms with E-state index < -0.39 is 15.8 Å². The average Bonchev–Trinajstić information content (AvgIpc) is 3.36. The smallest absolute Gasteiger partial charge is 0.307 e. The number of ether oxygens (including phenoxy) is 2. The Morgan fingerprint density at radius 2 is 1.85 bits per heavy atom. The van der Waals surface area contributed by atoms with E-state index in [4.69, 9.17) is 13.9 Å². The summed E-state index contributed by atoms with van der Waals surface area (Å²) in [5.41, 5.74) is 4.47. The number of nitro benzene ring substituents is 2. The highest BCUT2D eigenvalue weighted by Gasteiger charge is 2.16. The van der Waals surface area contributed by atoms with Crippen LogP contribution in [-0.2, 0) is 13.0 Å². The van der Waals surface area contributed by atoms with E-state index >= 15 is 0 Å². The van der Waals surface area contributed by atoms with Gasteiger partial charge in [-0.3, -0.25) is 25.0 Å². The van der Waals surface area contributed by atoms with Crippen LogP contribution in [0.4, 0.5) is 11.4 Å². The molecule has 0 radical (unpaired) electrons. The summed E-state index contributed by atoms with van der Waals surface area (Å²) < 4.78 is 16.9. The lowest BCUT2D eigenvalue weighted by Crippen LogP contribution is -2.16. The van der Waals surface area contributed by atoms with Gasteiger partial charge in [0.25, 0.3) is 11.4 Å². The Labute approximate surface area is 221 Å². The number of hydrogen-bond acceptors (Lipinski definition) is 9. The zero-order chi connectivity index (χ0) is 27.9. The normalized spacial score (nSPS) is 10.9. The van der Waals surface area contributed by atoms with Crippen LogP contribution in [0.3, 0.4) is 0 Å². The summed E-state index contributed by atoms with van der Waals surface area (Å²) in [6.07, 6.45) is 3.52. The van der Waals surface area contributed by atoms with Crippen molar-refractivity contribution in [3.05, 3.63) is 116 Å². The highest BCUT2D eigenvalue weighted by Crippen LogP contribution is 2.34. The Balaban J connectivity index is 1.50. The molecular weight excluding hydrogens is 508 g/mol. The lowest BCUT2D eigenvalue weighted by Gasteiger charge is -2.16. The first-order valence-electron chi connectivity index (χ1n) is 11.5. The number of hydrogen-bond donors (Lipinski definition) is 1. The number of benzene rings is 3. The average molecular weight is 530 g/mol. The molecule has 12 heteroatoms. The first-order chi connectivity index (χ1) is 18.8. The van der Waals surface area contributed by atoms with Gasteiger partial charge in [0.1, 0.15) is 12.2 Å². The van der Waals surface area contributed by atoms with Crippen LogP contribution in [0.15, 0.2) is 82.8 Å². The fourth-order valence-electron chi connectivity index (χ4n) is 3.77. The molecule has 0 atom stereocenters.